The zero-order chi connectivity index (χ0) is 11.1. The predicted octanol–water partition coefficient (Wildman–Crippen LogP) is 2.90. The average Bonchev–Trinajstić information content (AvgIpc) is 2.86. The van der Waals surface area contributed by atoms with Crippen LogP contribution in [0.15, 0.2) is 34.9 Å². The van der Waals surface area contributed by atoms with Gasteiger partial charge in [0, 0.05) is 33.2 Å². The van der Waals surface area contributed by atoms with E-state index in [0.29, 0.717) is 5.82 Å². The number of halogens is 1. The van der Waals surface area contributed by atoms with Crippen molar-refractivity contribution in [3.8, 4) is 11.3 Å². The minimum atomic E-state index is 0.503. The molecule has 2 heterocycles. The SMILES string of the molecule is Nc1cc(-c2ccc3[nH]cc(Br)c3c2)[nH]n1. The smallest absolute Gasteiger partial charge is 0.145 e. The lowest BCUT2D eigenvalue weighted by Crippen LogP contribution is -1.81. The Bertz CT molecular complexity index is 653. The molecular weight excluding hydrogens is 268 g/mol. The lowest BCUT2D eigenvalue weighted by atomic mass is 10.1. The molecule has 4 nitrogen and oxygen atoms in total. The Labute approximate surface area is 100.0 Å². The van der Waals surface area contributed by atoms with Crippen LogP contribution in [0.1, 0.15) is 0 Å². The molecule has 16 heavy (non-hydrogen) atoms. The molecule has 0 bridgehead atoms. The number of hydrogen-bond donors (Lipinski definition) is 3. The maximum absolute atomic E-state index is 5.58. The molecule has 1 aromatic carbocycles. The van der Waals surface area contributed by atoms with Crippen LogP contribution in [0, 0.1) is 0 Å². The van der Waals surface area contributed by atoms with E-state index in [1.54, 1.807) is 0 Å². The second kappa shape index (κ2) is 3.38. The minimum absolute atomic E-state index is 0.503. The summed E-state index contributed by atoms with van der Waals surface area (Å²) in [6.07, 6.45) is 1.93. The van der Waals surface area contributed by atoms with E-state index in [2.05, 4.69) is 37.2 Å². The number of nitrogens with one attached hydrogen (secondary N) is 2. The van der Waals surface area contributed by atoms with Crippen molar-refractivity contribution < 1.29 is 0 Å². The van der Waals surface area contributed by atoms with Crippen molar-refractivity contribution in [3.63, 3.8) is 0 Å². The van der Waals surface area contributed by atoms with Crippen LogP contribution < -0.4 is 5.73 Å². The highest BCUT2D eigenvalue weighted by atomic mass is 79.9. The van der Waals surface area contributed by atoms with Crippen molar-refractivity contribution in [1.82, 2.24) is 15.2 Å². The fourth-order valence-corrected chi connectivity index (χ4v) is 2.18. The Morgan fingerprint density at radius 1 is 1.25 bits per heavy atom. The van der Waals surface area contributed by atoms with E-state index in [1.807, 2.05) is 24.4 Å². The van der Waals surface area contributed by atoms with Gasteiger partial charge in [-0.15, -0.1) is 0 Å². The first-order valence-electron chi connectivity index (χ1n) is 4.82. The van der Waals surface area contributed by atoms with Crippen LogP contribution in [0.3, 0.4) is 0 Å². The van der Waals surface area contributed by atoms with Crippen LogP contribution >= 0.6 is 15.9 Å². The second-order valence-corrected chi connectivity index (χ2v) is 4.46. The van der Waals surface area contributed by atoms with Gasteiger partial charge in [-0.25, -0.2) is 0 Å². The van der Waals surface area contributed by atoms with Gasteiger partial charge in [-0.2, -0.15) is 5.10 Å². The van der Waals surface area contributed by atoms with Gasteiger partial charge in [0.25, 0.3) is 0 Å². The van der Waals surface area contributed by atoms with E-state index in [0.717, 1.165) is 26.6 Å². The van der Waals surface area contributed by atoms with Crippen LogP contribution in [0.2, 0.25) is 0 Å². The number of nitrogen functional groups attached to an aromatic ring is 1. The standard InChI is InChI=1S/C11H9BrN4/c12-8-5-14-9-2-1-6(3-7(8)9)10-4-11(13)16-15-10/h1-5,14H,(H3,13,15,16). The van der Waals surface area contributed by atoms with Crippen molar-refractivity contribution >= 4 is 32.7 Å². The van der Waals surface area contributed by atoms with E-state index in [4.69, 9.17) is 5.73 Å². The molecule has 5 heteroatoms. The first-order chi connectivity index (χ1) is 7.74. The highest BCUT2D eigenvalue weighted by Crippen LogP contribution is 2.28. The predicted molar refractivity (Wildman–Crippen MR) is 68.0 cm³/mol. The Kier molecular flexibility index (Phi) is 2.00. The molecule has 0 radical (unpaired) electrons. The Hall–Kier alpha value is -1.75. The van der Waals surface area contributed by atoms with E-state index in [9.17, 15) is 0 Å². The molecule has 2 aromatic heterocycles. The molecular formula is C11H9BrN4. The number of H-pyrrole nitrogens is 2. The molecule has 0 aliphatic carbocycles. The van der Waals surface area contributed by atoms with Gasteiger partial charge in [-0.1, -0.05) is 6.07 Å². The van der Waals surface area contributed by atoms with E-state index >= 15 is 0 Å². The zero-order valence-electron chi connectivity index (χ0n) is 8.29. The first-order valence-corrected chi connectivity index (χ1v) is 5.61. The van der Waals surface area contributed by atoms with E-state index in [1.165, 1.54) is 0 Å². The third-order valence-electron chi connectivity index (χ3n) is 2.54. The number of aromatic nitrogens is 3. The normalized spacial score (nSPS) is 11.1. The number of hydrogen-bond acceptors (Lipinski definition) is 2. The number of rotatable bonds is 1. The Morgan fingerprint density at radius 2 is 2.12 bits per heavy atom. The second-order valence-electron chi connectivity index (χ2n) is 3.60. The number of aromatic amines is 2. The van der Waals surface area contributed by atoms with Crippen LogP contribution in [-0.4, -0.2) is 15.2 Å². The summed E-state index contributed by atoms with van der Waals surface area (Å²) in [5.74, 6) is 0.503. The van der Waals surface area contributed by atoms with Crippen LogP contribution in [0.25, 0.3) is 22.2 Å². The monoisotopic (exact) mass is 276 g/mol. The number of nitrogens with zero attached hydrogens (tertiary/aromatic N) is 1. The largest absolute Gasteiger partial charge is 0.382 e. The number of anilines is 1. The lowest BCUT2D eigenvalue weighted by molar-refractivity contribution is 1.10. The maximum atomic E-state index is 5.58. The molecule has 80 valence electrons. The molecule has 0 fully saturated rings. The fourth-order valence-electron chi connectivity index (χ4n) is 1.74. The van der Waals surface area contributed by atoms with Gasteiger partial charge in [0.15, 0.2) is 0 Å². The highest BCUT2D eigenvalue weighted by molar-refractivity contribution is 9.10. The third-order valence-corrected chi connectivity index (χ3v) is 3.20. The van der Waals surface area contributed by atoms with Gasteiger partial charge in [0.2, 0.25) is 0 Å². The van der Waals surface area contributed by atoms with Crippen molar-refractivity contribution in [2.24, 2.45) is 0 Å². The summed E-state index contributed by atoms with van der Waals surface area (Å²) >= 11 is 3.50. The Balaban J connectivity index is 2.21. The molecule has 0 atom stereocenters. The summed E-state index contributed by atoms with van der Waals surface area (Å²) in [5, 5.41) is 7.96. The molecule has 3 aromatic rings. The van der Waals surface area contributed by atoms with Gasteiger partial charge in [-0.3, -0.25) is 5.10 Å². The van der Waals surface area contributed by atoms with Gasteiger partial charge < -0.3 is 10.7 Å². The Morgan fingerprint density at radius 3 is 2.88 bits per heavy atom. The van der Waals surface area contributed by atoms with Crippen LogP contribution in [0.5, 0.6) is 0 Å². The van der Waals surface area contributed by atoms with Crippen molar-refractivity contribution in [2.45, 2.75) is 0 Å². The zero-order valence-corrected chi connectivity index (χ0v) is 9.88. The molecule has 0 saturated carbocycles. The van der Waals surface area contributed by atoms with Crippen LogP contribution in [0.4, 0.5) is 5.82 Å². The molecule has 0 aliphatic rings. The molecule has 0 aliphatic heterocycles. The first kappa shape index (κ1) is 9.47. The van der Waals surface area contributed by atoms with Crippen molar-refractivity contribution in [1.29, 1.82) is 0 Å². The summed E-state index contributed by atoms with van der Waals surface area (Å²) in [6.45, 7) is 0. The average molecular weight is 277 g/mol. The molecule has 0 amide bonds. The summed E-state index contributed by atoms with van der Waals surface area (Å²) in [7, 11) is 0. The molecule has 0 unspecified atom stereocenters. The van der Waals surface area contributed by atoms with Gasteiger partial charge in [0.05, 0.1) is 5.69 Å². The molecule has 3 rings (SSSR count). The van der Waals surface area contributed by atoms with Crippen molar-refractivity contribution in [2.75, 3.05) is 5.73 Å². The van der Waals surface area contributed by atoms with Gasteiger partial charge in [0.1, 0.15) is 5.82 Å². The molecule has 0 saturated heterocycles. The maximum Gasteiger partial charge on any atom is 0.145 e. The highest BCUT2D eigenvalue weighted by Gasteiger charge is 2.05. The third kappa shape index (κ3) is 1.40. The number of benzene rings is 1. The topological polar surface area (TPSA) is 70.5 Å². The van der Waals surface area contributed by atoms with E-state index < -0.39 is 0 Å². The molecule has 4 N–H and O–H groups in total. The number of nitrogens with two attached hydrogens (primary N) is 1. The van der Waals surface area contributed by atoms with Crippen molar-refractivity contribution in [3.05, 3.63) is 34.9 Å². The van der Waals surface area contributed by atoms with Gasteiger partial charge in [-0.05, 0) is 28.1 Å². The fraction of sp³-hybridized carbons (Fsp3) is 0. The lowest BCUT2D eigenvalue weighted by Gasteiger charge is -1.97. The summed E-state index contributed by atoms with van der Waals surface area (Å²) in [5.41, 5.74) is 8.67. The summed E-state index contributed by atoms with van der Waals surface area (Å²) in [4.78, 5) is 3.17. The quantitative estimate of drug-likeness (QED) is 0.640. The molecule has 0 spiro atoms. The summed E-state index contributed by atoms with van der Waals surface area (Å²) < 4.78 is 1.05. The van der Waals surface area contributed by atoms with E-state index in [-0.39, 0.29) is 0 Å². The van der Waals surface area contributed by atoms with Crippen LogP contribution in [-0.2, 0) is 0 Å². The number of fused-ring (bicyclic) bond motifs is 1. The summed E-state index contributed by atoms with van der Waals surface area (Å²) in [6, 6.07) is 7.97. The van der Waals surface area contributed by atoms with Gasteiger partial charge >= 0.3 is 0 Å². The minimum Gasteiger partial charge on any atom is -0.382 e.